The van der Waals surface area contributed by atoms with E-state index in [-0.39, 0.29) is 29.3 Å². The van der Waals surface area contributed by atoms with Crippen molar-refractivity contribution >= 4 is 22.8 Å². The molecule has 0 heterocycles. The van der Waals surface area contributed by atoms with Crippen LogP contribution in [0.5, 0.6) is 0 Å². The fourth-order valence-electron chi connectivity index (χ4n) is 10.1. The Labute approximate surface area is 237 Å². The van der Waals surface area contributed by atoms with Gasteiger partial charge >= 0.3 is 22.8 Å². The van der Waals surface area contributed by atoms with E-state index in [9.17, 15) is 48.2 Å². The second-order valence-electron chi connectivity index (χ2n) is 14.0. The average molecular weight is 627 g/mol. The molecule has 40 heavy (non-hydrogen) atoms. The molecule has 9 atom stereocenters. The molecule has 232 valence electrons. The molecule has 0 aromatic carbocycles. The standard InChI is InChI=1S/C27H49O10P3/c1-17(6-5-7-18(2)27(38(29,30)31,39(32,33)34)40(35,36)37)22-10-11-23-21-9-8-19-16-20(28)12-14-25(19,3)24(21)13-15-26(22,23)4/h8,17-18,20-24,28H,5-7,9-16H2,1-4H3,(H2,29,30,31)(H2,32,33,34)(H2,35,36,37)/t17-,18?,20+,21+,22-,23+,24+,25+,26-/m1/s1. The van der Waals surface area contributed by atoms with E-state index in [4.69, 9.17) is 0 Å². The van der Waals surface area contributed by atoms with Crippen molar-refractivity contribution in [3.05, 3.63) is 11.6 Å². The van der Waals surface area contributed by atoms with Gasteiger partial charge in [0.1, 0.15) is 0 Å². The maximum Gasteiger partial charge on any atom is 0.356 e. The summed E-state index contributed by atoms with van der Waals surface area (Å²) in [4.78, 5) is 58.9. The number of allylic oxidation sites excluding steroid dienone is 1. The van der Waals surface area contributed by atoms with Crippen molar-refractivity contribution in [1.82, 2.24) is 0 Å². The lowest BCUT2D eigenvalue weighted by molar-refractivity contribution is -0.0573. The minimum Gasteiger partial charge on any atom is -0.393 e. The van der Waals surface area contributed by atoms with E-state index in [2.05, 4.69) is 26.8 Å². The van der Waals surface area contributed by atoms with Crippen LogP contribution in [0.3, 0.4) is 0 Å². The Kier molecular flexibility index (Phi) is 9.04. The topological polar surface area (TPSA) is 193 Å². The van der Waals surface area contributed by atoms with Crippen molar-refractivity contribution in [1.29, 1.82) is 0 Å². The molecular formula is C27H49O10P3. The zero-order valence-corrected chi connectivity index (χ0v) is 26.8. The first-order valence-corrected chi connectivity index (χ1v) is 19.6. The highest BCUT2D eigenvalue weighted by atomic mass is 31.3. The molecule has 13 heteroatoms. The molecule has 0 amide bonds. The van der Waals surface area contributed by atoms with Crippen molar-refractivity contribution in [3.8, 4) is 0 Å². The minimum absolute atomic E-state index is 0.124. The third-order valence-electron chi connectivity index (χ3n) is 12.1. The highest BCUT2D eigenvalue weighted by molar-refractivity contribution is 7.88. The average Bonchev–Trinajstić information content (AvgIpc) is 3.14. The highest BCUT2D eigenvalue weighted by Gasteiger charge is 2.74. The van der Waals surface area contributed by atoms with E-state index < -0.39 is 33.3 Å². The van der Waals surface area contributed by atoms with Crippen LogP contribution in [-0.2, 0) is 13.7 Å². The van der Waals surface area contributed by atoms with Crippen LogP contribution >= 0.6 is 22.8 Å². The van der Waals surface area contributed by atoms with Crippen molar-refractivity contribution in [3.63, 3.8) is 0 Å². The first-order chi connectivity index (χ1) is 18.2. The molecule has 4 aliphatic rings. The van der Waals surface area contributed by atoms with E-state index in [1.165, 1.54) is 5.57 Å². The maximum atomic E-state index is 12.2. The summed E-state index contributed by atoms with van der Waals surface area (Å²) in [6, 6.07) is 0. The van der Waals surface area contributed by atoms with Gasteiger partial charge in [-0.3, -0.25) is 13.7 Å². The molecular weight excluding hydrogens is 577 g/mol. The summed E-state index contributed by atoms with van der Waals surface area (Å²) in [5.41, 5.74) is 1.78. The van der Waals surface area contributed by atoms with Gasteiger partial charge in [0.25, 0.3) is 4.64 Å². The molecule has 0 spiro atoms. The first-order valence-electron chi connectivity index (χ1n) is 14.8. The molecule has 0 aliphatic heterocycles. The Hall–Kier alpha value is 0.150. The summed E-state index contributed by atoms with van der Waals surface area (Å²) in [7, 11) is -17.7. The number of aliphatic hydroxyl groups excluding tert-OH is 1. The molecule has 3 saturated carbocycles. The Morgan fingerprint density at radius 2 is 1.48 bits per heavy atom. The fourth-order valence-corrected chi connectivity index (χ4v) is 16.3. The molecule has 3 fully saturated rings. The zero-order chi connectivity index (χ0) is 30.1. The quantitative estimate of drug-likeness (QED) is 0.126. The minimum atomic E-state index is -5.90. The Bertz CT molecular complexity index is 1080. The molecule has 0 aromatic heterocycles. The van der Waals surface area contributed by atoms with Crippen LogP contribution in [0.25, 0.3) is 0 Å². The molecule has 0 aromatic rings. The van der Waals surface area contributed by atoms with Gasteiger partial charge in [0.05, 0.1) is 6.10 Å². The van der Waals surface area contributed by atoms with E-state index in [1.807, 2.05) is 0 Å². The van der Waals surface area contributed by atoms with E-state index in [0.29, 0.717) is 36.5 Å². The van der Waals surface area contributed by atoms with Gasteiger partial charge in [-0.05, 0) is 104 Å². The summed E-state index contributed by atoms with van der Waals surface area (Å²) in [6.07, 6.45) is 11.4. The number of fused-ring (bicyclic) bond motifs is 5. The molecule has 1 unspecified atom stereocenters. The number of rotatable bonds is 9. The Balaban J connectivity index is 1.45. The first kappa shape index (κ1) is 33.1. The van der Waals surface area contributed by atoms with Crippen LogP contribution in [0.15, 0.2) is 11.6 Å². The third kappa shape index (κ3) is 5.15. The van der Waals surface area contributed by atoms with Crippen molar-refractivity contribution in [2.75, 3.05) is 0 Å². The lowest BCUT2D eigenvalue weighted by Crippen LogP contribution is -2.50. The lowest BCUT2D eigenvalue weighted by atomic mass is 9.47. The van der Waals surface area contributed by atoms with E-state index >= 15 is 0 Å². The van der Waals surface area contributed by atoms with Crippen molar-refractivity contribution in [2.24, 2.45) is 46.3 Å². The van der Waals surface area contributed by atoms with Gasteiger partial charge in [-0.1, -0.05) is 52.2 Å². The second kappa shape index (κ2) is 10.9. The predicted molar refractivity (Wildman–Crippen MR) is 152 cm³/mol. The molecule has 4 aliphatic carbocycles. The van der Waals surface area contributed by atoms with Crippen LogP contribution in [0.2, 0.25) is 0 Å². The van der Waals surface area contributed by atoms with Gasteiger partial charge in [0.2, 0.25) is 0 Å². The van der Waals surface area contributed by atoms with Gasteiger partial charge in [0, 0.05) is 0 Å². The SMILES string of the molecule is CC(CCC[C@@H](C)[C@H]1CC[C@H]2[C@@H]3CC=C4C[C@@H](O)CC[C@]4(C)[C@H]3CC[C@]12C)C(P(=O)(O)O)(P(=O)(O)O)P(=O)(O)O. The van der Waals surface area contributed by atoms with Gasteiger partial charge in [-0.15, -0.1) is 0 Å². The van der Waals surface area contributed by atoms with Gasteiger partial charge in [-0.2, -0.15) is 0 Å². The van der Waals surface area contributed by atoms with Gasteiger partial charge < -0.3 is 34.5 Å². The molecule has 0 saturated heterocycles. The molecule has 4 rings (SSSR count). The van der Waals surface area contributed by atoms with Crippen LogP contribution in [0.4, 0.5) is 0 Å². The lowest BCUT2D eigenvalue weighted by Gasteiger charge is -2.58. The predicted octanol–water partition coefficient (Wildman–Crippen LogP) is 5.56. The fraction of sp³-hybridized carbons (Fsp3) is 0.926. The highest BCUT2D eigenvalue weighted by Crippen LogP contribution is 2.85. The number of aliphatic hydroxyl groups is 1. The van der Waals surface area contributed by atoms with Crippen LogP contribution in [0.1, 0.15) is 98.3 Å². The van der Waals surface area contributed by atoms with Crippen LogP contribution in [-0.4, -0.2) is 45.2 Å². The van der Waals surface area contributed by atoms with Gasteiger partial charge in [-0.25, -0.2) is 0 Å². The van der Waals surface area contributed by atoms with Gasteiger partial charge in [0.15, 0.2) is 0 Å². The summed E-state index contributed by atoms with van der Waals surface area (Å²) in [6.45, 7) is 8.11. The molecule has 0 bridgehead atoms. The number of hydrogen-bond acceptors (Lipinski definition) is 4. The normalized spacial score (nSPS) is 38.6. The van der Waals surface area contributed by atoms with Crippen molar-refractivity contribution in [2.45, 2.75) is 109 Å². The number of hydrogen-bond donors (Lipinski definition) is 7. The van der Waals surface area contributed by atoms with Crippen LogP contribution < -0.4 is 0 Å². The summed E-state index contributed by atoms with van der Waals surface area (Å²) in [5.74, 6) is 0.955. The Morgan fingerprint density at radius 1 is 0.875 bits per heavy atom. The molecule has 7 N–H and O–H groups in total. The van der Waals surface area contributed by atoms with Crippen LogP contribution in [0, 0.1) is 46.3 Å². The second-order valence-corrected chi connectivity index (χ2v) is 20.5. The largest absolute Gasteiger partial charge is 0.393 e. The summed E-state index contributed by atoms with van der Waals surface area (Å²) in [5, 5.41) is 10.3. The zero-order valence-electron chi connectivity index (χ0n) is 24.1. The maximum absolute atomic E-state index is 12.2. The summed E-state index contributed by atoms with van der Waals surface area (Å²) >= 11 is 0. The Morgan fingerprint density at radius 3 is 2.05 bits per heavy atom. The monoisotopic (exact) mass is 626 g/mol. The van der Waals surface area contributed by atoms with Crippen molar-refractivity contribution < 1.29 is 48.2 Å². The third-order valence-corrected chi connectivity index (χ3v) is 20.7. The molecule has 0 radical (unpaired) electrons. The smallest absolute Gasteiger partial charge is 0.356 e. The summed E-state index contributed by atoms with van der Waals surface area (Å²) < 4.78 is 33.0. The van der Waals surface area contributed by atoms with E-state index in [0.717, 1.165) is 58.3 Å². The van der Waals surface area contributed by atoms with E-state index in [1.54, 1.807) is 0 Å². The molecule has 10 nitrogen and oxygen atoms in total.